The van der Waals surface area contributed by atoms with Crippen molar-refractivity contribution in [3.63, 3.8) is 0 Å². The number of nitrogens with one attached hydrogen (secondary N) is 1. The maximum atomic E-state index is 4.29. The summed E-state index contributed by atoms with van der Waals surface area (Å²) in [7, 11) is 1.97. The Balaban J connectivity index is 3.18. The summed E-state index contributed by atoms with van der Waals surface area (Å²) < 4.78 is 0. The molecule has 88 valence electrons. The average molecular weight is 235 g/mol. The first-order valence-electron chi connectivity index (χ1n) is 5.71. The highest BCUT2D eigenvalue weighted by atomic mass is 32.1. The molecule has 1 nitrogen and oxygen atoms in total. The number of hydrogen-bond acceptors (Lipinski definition) is 2. The van der Waals surface area contributed by atoms with Crippen LogP contribution in [-0.2, 0) is 6.42 Å². The van der Waals surface area contributed by atoms with E-state index < -0.39 is 0 Å². The van der Waals surface area contributed by atoms with Crippen LogP contribution in [0.5, 0.6) is 0 Å². The van der Waals surface area contributed by atoms with Gasteiger partial charge in [-0.3, -0.25) is 0 Å². The topological polar surface area (TPSA) is 12.0 Å². The van der Waals surface area contributed by atoms with Gasteiger partial charge in [0.2, 0.25) is 0 Å². The van der Waals surface area contributed by atoms with E-state index >= 15 is 0 Å². The Labute approximate surface area is 104 Å². The van der Waals surface area contributed by atoms with E-state index in [1.807, 2.05) is 7.05 Å². The van der Waals surface area contributed by atoms with E-state index in [1.54, 1.807) is 0 Å². The molecule has 0 saturated carbocycles. The highest BCUT2D eigenvalue weighted by Crippen LogP contribution is 2.30. The van der Waals surface area contributed by atoms with Gasteiger partial charge in [-0.05, 0) is 29.2 Å². The van der Waals surface area contributed by atoms with Gasteiger partial charge < -0.3 is 5.32 Å². The van der Waals surface area contributed by atoms with E-state index in [-0.39, 0.29) is 0 Å². The number of hydrogen-bond donors (Lipinski definition) is 2. The van der Waals surface area contributed by atoms with Gasteiger partial charge in [0.25, 0.3) is 0 Å². The van der Waals surface area contributed by atoms with Crippen LogP contribution in [0.25, 0.3) is 5.57 Å². The van der Waals surface area contributed by atoms with E-state index in [2.05, 4.69) is 56.6 Å². The van der Waals surface area contributed by atoms with Crippen molar-refractivity contribution in [3.8, 4) is 0 Å². The van der Waals surface area contributed by atoms with Crippen molar-refractivity contribution in [3.05, 3.63) is 35.9 Å². The summed E-state index contributed by atoms with van der Waals surface area (Å²) in [6.07, 6.45) is 0.985. The number of aryl methyl sites for hydroxylation is 1. The van der Waals surface area contributed by atoms with Crippen LogP contribution in [0.15, 0.2) is 24.8 Å². The molecular formula is C14H21NS. The van der Waals surface area contributed by atoms with Gasteiger partial charge in [-0.2, -0.15) is 12.6 Å². The lowest BCUT2D eigenvalue weighted by molar-refractivity contribution is 0.857. The largest absolute Gasteiger partial charge is 0.387 e. The molecule has 0 atom stereocenters. The van der Waals surface area contributed by atoms with E-state index in [4.69, 9.17) is 0 Å². The minimum atomic E-state index is 0.471. The summed E-state index contributed by atoms with van der Waals surface area (Å²) in [5.74, 6) is 1.34. The van der Waals surface area contributed by atoms with Crippen LogP contribution in [-0.4, -0.2) is 12.8 Å². The lowest BCUT2D eigenvalue weighted by Gasteiger charge is -2.17. The zero-order valence-corrected chi connectivity index (χ0v) is 11.3. The zero-order valence-electron chi connectivity index (χ0n) is 10.4. The van der Waals surface area contributed by atoms with Crippen LogP contribution < -0.4 is 5.32 Å². The molecule has 0 spiro atoms. The van der Waals surface area contributed by atoms with Crippen LogP contribution in [0.4, 0.5) is 5.69 Å². The molecule has 16 heavy (non-hydrogen) atoms. The fraction of sp³-hybridized carbons (Fsp3) is 0.429. The van der Waals surface area contributed by atoms with Crippen molar-refractivity contribution in [2.45, 2.75) is 20.3 Å². The van der Waals surface area contributed by atoms with Gasteiger partial charge in [0.1, 0.15) is 0 Å². The van der Waals surface area contributed by atoms with Crippen LogP contribution in [0.2, 0.25) is 0 Å². The highest BCUT2D eigenvalue weighted by molar-refractivity contribution is 7.80. The first kappa shape index (κ1) is 13.2. The van der Waals surface area contributed by atoms with Crippen LogP contribution in [0, 0.1) is 5.92 Å². The van der Waals surface area contributed by atoms with Gasteiger partial charge in [0, 0.05) is 18.3 Å². The average Bonchev–Trinajstić information content (AvgIpc) is 2.28. The van der Waals surface area contributed by atoms with Crippen LogP contribution in [0.1, 0.15) is 25.0 Å². The quantitative estimate of drug-likeness (QED) is 0.738. The number of benzene rings is 1. The normalized spacial score (nSPS) is 10.6. The van der Waals surface area contributed by atoms with E-state index in [0.29, 0.717) is 5.92 Å². The molecule has 0 aromatic heterocycles. The second-order valence-electron chi connectivity index (χ2n) is 4.24. The maximum absolute atomic E-state index is 4.29. The lowest BCUT2D eigenvalue weighted by atomic mass is 9.93. The molecule has 0 bridgehead atoms. The smallest absolute Gasteiger partial charge is 0.0446 e. The predicted molar refractivity (Wildman–Crippen MR) is 77.4 cm³/mol. The first-order chi connectivity index (χ1) is 7.61. The molecule has 0 fully saturated rings. The van der Waals surface area contributed by atoms with E-state index in [9.17, 15) is 0 Å². The Morgan fingerprint density at radius 2 is 2.12 bits per heavy atom. The molecule has 0 heterocycles. The molecule has 0 aliphatic heterocycles. The molecule has 0 aliphatic carbocycles. The number of anilines is 1. The minimum absolute atomic E-state index is 0.471. The van der Waals surface area contributed by atoms with Gasteiger partial charge in [0.05, 0.1) is 0 Å². The monoisotopic (exact) mass is 235 g/mol. The first-order valence-corrected chi connectivity index (χ1v) is 6.34. The van der Waals surface area contributed by atoms with Crippen molar-refractivity contribution in [2.75, 3.05) is 18.1 Å². The zero-order chi connectivity index (χ0) is 12.1. The van der Waals surface area contributed by atoms with Gasteiger partial charge in [-0.25, -0.2) is 0 Å². The second-order valence-corrected chi connectivity index (χ2v) is 4.69. The SMILES string of the molecule is C=C(c1cccc(CCS)c1NC)C(C)C. The fourth-order valence-corrected chi connectivity index (χ4v) is 2.04. The standard InChI is InChI=1S/C14H21NS/c1-10(2)11(3)13-7-5-6-12(8-9-16)14(13)15-4/h5-7,10,15-16H,3,8-9H2,1-2,4H3. The van der Waals surface area contributed by atoms with Crippen molar-refractivity contribution in [2.24, 2.45) is 5.92 Å². The van der Waals surface area contributed by atoms with Crippen molar-refractivity contribution >= 4 is 23.9 Å². The summed E-state index contributed by atoms with van der Waals surface area (Å²) in [4.78, 5) is 0. The molecule has 1 rings (SSSR count). The van der Waals surface area contributed by atoms with Gasteiger partial charge in [0.15, 0.2) is 0 Å². The Kier molecular flexibility index (Phi) is 4.94. The van der Waals surface area contributed by atoms with Crippen molar-refractivity contribution in [1.29, 1.82) is 0 Å². The predicted octanol–water partition coefficient (Wildman–Crippen LogP) is 3.87. The number of para-hydroxylation sites is 1. The molecule has 2 heteroatoms. The summed E-state index contributed by atoms with van der Waals surface area (Å²) in [6, 6.07) is 6.39. The molecule has 1 N–H and O–H groups in total. The third kappa shape index (κ3) is 2.82. The summed E-state index contributed by atoms with van der Waals surface area (Å²) in [5, 5.41) is 3.29. The fourth-order valence-electron chi connectivity index (χ4n) is 1.80. The second kappa shape index (κ2) is 6.00. The van der Waals surface area contributed by atoms with Gasteiger partial charge in [-0.1, -0.05) is 38.6 Å². The third-order valence-electron chi connectivity index (χ3n) is 2.82. The highest BCUT2D eigenvalue weighted by Gasteiger charge is 2.11. The Morgan fingerprint density at radius 1 is 1.44 bits per heavy atom. The Morgan fingerprint density at radius 3 is 2.62 bits per heavy atom. The van der Waals surface area contributed by atoms with Gasteiger partial charge >= 0.3 is 0 Å². The van der Waals surface area contributed by atoms with Gasteiger partial charge in [-0.15, -0.1) is 0 Å². The van der Waals surface area contributed by atoms with Crippen molar-refractivity contribution in [1.82, 2.24) is 0 Å². The van der Waals surface area contributed by atoms with E-state index in [1.165, 1.54) is 22.4 Å². The number of thiol groups is 1. The molecule has 0 amide bonds. The molecular weight excluding hydrogens is 214 g/mol. The Hall–Kier alpha value is -0.890. The number of allylic oxidation sites excluding steroid dienone is 1. The number of rotatable bonds is 5. The molecule has 0 unspecified atom stereocenters. The molecule has 1 aromatic carbocycles. The lowest BCUT2D eigenvalue weighted by Crippen LogP contribution is -2.03. The van der Waals surface area contributed by atoms with E-state index in [0.717, 1.165) is 12.2 Å². The maximum Gasteiger partial charge on any atom is 0.0446 e. The molecule has 0 radical (unpaired) electrons. The van der Waals surface area contributed by atoms with Crippen LogP contribution in [0.3, 0.4) is 0 Å². The summed E-state index contributed by atoms with van der Waals surface area (Å²) >= 11 is 4.29. The minimum Gasteiger partial charge on any atom is -0.387 e. The van der Waals surface area contributed by atoms with Crippen molar-refractivity contribution < 1.29 is 0 Å². The molecule has 0 aliphatic rings. The summed E-state index contributed by atoms with van der Waals surface area (Å²) in [6.45, 7) is 8.52. The third-order valence-corrected chi connectivity index (χ3v) is 3.05. The molecule has 0 saturated heterocycles. The van der Waals surface area contributed by atoms with Crippen LogP contribution >= 0.6 is 12.6 Å². The molecule has 1 aromatic rings. The Bertz CT molecular complexity index is 369. The summed E-state index contributed by atoms with van der Waals surface area (Å²) in [5.41, 5.74) is 4.94.